The number of hydrogen-bond donors (Lipinski definition) is 1. The smallest absolute Gasteiger partial charge is 0.326 e. The van der Waals surface area contributed by atoms with Gasteiger partial charge < -0.3 is 9.47 Å². The Morgan fingerprint density at radius 1 is 1.24 bits per heavy atom. The Morgan fingerprint density at radius 3 is 2.44 bits per heavy atom. The molecule has 0 aromatic heterocycles. The van der Waals surface area contributed by atoms with Gasteiger partial charge in [-0.2, -0.15) is 0 Å². The molecular weight excluding hydrogens is 324 g/mol. The monoisotopic (exact) mass is 346 g/mol. The molecule has 134 valence electrons. The van der Waals surface area contributed by atoms with E-state index in [1.165, 1.54) is 7.05 Å². The Balaban J connectivity index is 2.03. The zero-order chi connectivity index (χ0) is 18.4. The number of amides is 2. The minimum Gasteiger partial charge on any atom is -0.497 e. The van der Waals surface area contributed by atoms with Gasteiger partial charge in [-0.25, -0.2) is 0 Å². The summed E-state index contributed by atoms with van der Waals surface area (Å²) in [5.41, 5.74) is -0.428. The fourth-order valence-electron chi connectivity index (χ4n) is 3.85. The molecule has 1 aromatic rings. The van der Waals surface area contributed by atoms with Crippen molar-refractivity contribution in [2.75, 3.05) is 20.8 Å². The highest BCUT2D eigenvalue weighted by Gasteiger charge is 2.66. The van der Waals surface area contributed by atoms with Crippen LogP contribution in [-0.2, 0) is 19.1 Å². The molecule has 2 aliphatic heterocycles. The fourth-order valence-corrected chi connectivity index (χ4v) is 3.85. The first-order valence-electron chi connectivity index (χ1n) is 8.25. The second-order valence-corrected chi connectivity index (χ2v) is 6.56. The quantitative estimate of drug-likeness (QED) is 0.644. The number of likely N-dealkylation sites (tertiary alicyclic amines) is 1. The maximum atomic E-state index is 12.7. The van der Waals surface area contributed by atoms with E-state index >= 15 is 0 Å². The summed E-state index contributed by atoms with van der Waals surface area (Å²) in [6, 6.07) is 6.79. The van der Waals surface area contributed by atoms with E-state index in [0.717, 1.165) is 10.5 Å². The lowest BCUT2D eigenvalue weighted by atomic mass is 9.80. The molecule has 0 radical (unpaired) electrons. The summed E-state index contributed by atoms with van der Waals surface area (Å²) in [5.74, 6) is -1.88. The average molecular weight is 346 g/mol. The van der Waals surface area contributed by atoms with Crippen molar-refractivity contribution in [1.29, 1.82) is 0 Å². The highest BCUT2D eigenvalue weighted by atomic mass is 16.5. The summed E-state index contributed by atoms with van der Waals surface area (Å²) in [6.45, 7) is 3.55. The molecule has 7 heteroatoms. The van der Waals surface area contributed by atoms with Gasteiger partial charge in [0, 0.05) is 13.1 Å². The van der Waals surface area contributed by atoms with Crippen LogP contribution in [-0.4, -0.2) is 49.0 Å². The van der Waals surface area contributed by atoms with Crippen molar-refractivity contribution in [2.24, 2.45) is 11.8 Å². The average Bonchev–Trinajstić information content (AvgIpc) is 3.05. The second kappa shape index (κ2) is 6.15. The van der Waals surface area contributed by atoms with Crippen molar-refractivity contribution < 1.29 is 23.9 Å². The Labute approximate surface area is 146 Å². The molecule has 2 aliphatic rings. The minimum absolute atomic E-state index is 0.207. The molecule has 3 rings (SSSR count). The number of fused-ring (bicyclic) bond motifs is 1. The van der Waals surface area contributed by atoms with E-state index in [-0.39, 0.29) is 18.4 Å². The van der Waals surface area contributed by atoms with Crippen molar-refractivity contribution in [2.45, 2.75) is 25.4 Å². The van der Waals surface area contributed by atoms with Crippen LogP contribution in [0.1, 0.15) is 25.5 Å². The predicted molar refractivity (Wildman–Crippen MR) is 88.7 cm³/mol. The third kappa shape index (κ3) is 2.50. The highest BCUT2D eigenvalue weighted by Crippen LogP contribution is 2.48. The lowest BCUT2D eigenvalue weighted by Gasteiger charge is -2.28. The summed E-state index contributed by atoms with van der Waals surface area (Å²) in [7, 11) is 3.03. The number of ether oxygens (including phenoxy) is 2. The lowest BCUT2D eigenvalue weighted by Crippen LogP contribution is -2.53. The molecule has 2 amide bonds. The number of esters is 1. The number of nitrogens with one attached hydrogen (secondary N) is 1. The van der Waals surface area contributed by atoms with E-state index in [1.54, 1.807) is 33.1 Å². The first kappa shape index (κ1) is 17.4. The minimum atomic E-state index is -1.25. The normalized spacial score (nSPS) is 31.2. The summed E-state index contributed by atoms with van der Waals surface area (Å²) in [4.78, 5) is 39.0. The van der Waals surface area contributed by atoms with E-state index in [4.69, 9.17) is 9.47 Å². The molecule has 4 atom stereocenters. The molecule has 0 unspecified atom stereocenters. The van der Waals surface area contributed by atoms with Gasteiger partial charge in [-0.05, 0) is 31.5 Å². The highest BCUT2D eigenvalue weighted by molar-refractivity contribution is 6.09. The standard InChI is InChI=1S/C18H22N2O5/c1-5-25-17(23)18(2)13-12(15(21)20(3)16(13)22)14(19-18)10-6-8-11(24-4)9-7-10/h6-9,12-14,19H,5H2,1-4H3/t12-,13-,14-,18-/m1/s1. The van der Waals surface area contributed by atoms with Crippen LogP contribution in [0.3, 0.4) is 0 Å². The summed E-state index contributed by atoms with van der Waals surface area (Å²) in [6.07, 6.45) is 0. The molecular formula is C18H22N2O5. The number of methoxy groups -OCH3 is 1. The number of imide groups is 1. The molecule has 7 nitrogen and oxygen atoms in total. The molecule has 2 heterocycles. The molecule has 0 bridgehead atoms. The van der Waals surface area contributed by atoms with Gasteiger partial charge in [0.05, 0.1) is 25.6 Å². The summed E-state index contributed by atoms with van der Waals surface area (Å²) >= 11 is 0. The number of carbonyl (C=O) groups is 3. The van der Waals surface area contributed by atoms with Gasteiger partial charge in [0.15, 0.2) is 0 Å². The van der Waals surface area contributed by atoms with E-state index in [9.17, 15) is 14.4 Å². The Kier molecular flexibility index (Phi) is 4.28. The molecule has 2 saturated heterocycles. The van der Waals surface area contributed by atoms with Gasteiger partial charge >= 0.3 is 5.97 Å². The molecule has 1 N–H and O–H groups in total. The van der Waals surface area contributed by atoms with Crippen LogP contribution in [0, 0.1) is 11.8 Å². The Bertz CT molecular complexity index is 717. The van der Waals surface area contributed by atoms with Gasteiger partial charge in [-0.15, -0.1) is 0 Å². The van der Waals surface area contributed by atoms with Gasteiger partial charge in [0.1, 0.15) is 11.3 Å². The van der Waals surface area contributed by atoms with Crippen LogP contribution in [0.2, 0.25) is 0 Å². The maximum absolute atomic E-state index is 12.7. The molecule has 1 aromatic carbocycles. The van der Waals surface area contributed by atoms with E-state index in [0.29, 0.717) is 5.75 Å². The van der Waals surface area contributed by atoms with Crippen molar-refractivity contribution in [3.63, 3.8) is 0 Å². The van der Waals surface area contributed by atoms with E-state index in [1.807, 2.05) is 12.1 Å². The second-order valence-electron chi connectivity index (χ2n) is 6.56. The zero-order valence-electron chi connectivity index (χ0n) is 14.7. The molecule has 0 saturated carbocycles. The van der Waals surface area contributed by atoms with Crippen LogP contribution < -0.4 is 10.1 Å². The molecule has 0 spiro atoms. The molecule has 25 heavy (non-hydrogen) atoms. The van der Waals surface area contributed by atoms with E-state index < -0.39 is 29.4 Å². The van der Waals surface area contributed by atoms with E-state index in [2.05, 4.69) is 5.32 Å². The van der Waals surface area contributed by atoms with Crippen LogP contribution in [0.15, 0.2) is 24.3 Å². The van der Waals surface area contributed by atoms with Crippen molar-refractivity contribution in [1.82, 2.24) is 10.2 Å². The van der Waals surface area contributed by atoms with Crippen LogP contribution in [0.5, 0.6) is 5.75 Å². The fraction of sp³-hybridized carbons (Fsp3) is 0.500. The van der Waals surface area contributed by atoms with Crippen molar-refractivity contribution >= 4 is 17.8 Å². The predicted octanol–water partition coefficient (Wildman–Crippen LogP) is 0.892. The third-order valence-electron chi connectivity index (χ3n) is 5.18. The van der Waals surface area contributed by atoms with Gasteiger partial charge in [-0.1, -0.05) is 12.1 Å². The largest absolute Gasteiger partial charge is 0.497 e. The Morgan fingerprint density at radius 2 is 1.88 bits per heavy atom. The zero-order valence-corrected chi connectivity index (χ0v) is 14.7. The SMILES string of the molecule is CCOC(=O)[C@]1(C)N[C@H](c2ccc(OC)cc2)[C@@H]2C(=O)N(C)C(=O)[C@@H]21. The lowest BCUT2D eigenvalue weighted by molar-refractivity contribution is -0.155. The van der Waals surface area contributed by atoms with Crippen molar-refractivity contribution in [3.05, 3.63) is 29.8 Å². The topological polar surface area (TPSA) is 84.9 Å². The van der Waals surface area contributed by atoms with Crippen LogP contribution in [0.25, 0.3) is 0 Å². The summed E-state index contributed by atoms with van der Waals surface area (Å²) in [5, 5.41) is 3.21. The van der Waals surface area contributed by atoms with Crippen LogP contribution >= 0.6 is 0 Å². The number of rotatable bonds is 4. The molecule has 2 fully saturated rings. The first-order valence-corrected chi connectivity index (χ1v) is 8.25. The number of hydrogen-bond acceptors (Lipinski definition) is 6. The van der Waals surface area contributed by atoms with Gasteiger partial charge in [-0.3, -0.25) is 24.6 Å². The molecule has 0 aliphatic carbocycles. The van der Waals surface area contributed by atoms with Crippen LogP contribution in [0.4, 0.5) is 0 Å². The van der Waals surface area contributed by atoms with Crippen molar-refractivity contribution in [3.8, 4) is 5.75 Å². The van der Waals surface area contributed by atoms with Gasteiger partial charge in [0.25, 0.3) is 0 Å². The number of benzene rings is 1. The Hall–Kier alpha value is -2.41. The maximum Gasteiger partial charge on any atom is 0.326 e. The first-order chi connectivity index (χ1) is 11.8. The van der Waals surface area contributed by atoms with Gasteiger partial charge in [0.2, 0.25) is 11.8 Å². The number of nitrogens with zero attached hydrogens (tertiary/aromatic N) is 1. The number of carbonyl (C=O) groups excluding carboxylic acids is 3. The summed E-state index contributed by atoms with van der Waals surface area (Å²) < 4.78 is 10.3. The third-order valence-corrected chi connectivity index (χ3v) is 5.18.